The van der Waals surface area contributed by atoms with Crippen molar-refractivity contribution in [2.24, 2.45) is 0 Å². The molecule has 0 N–H and O–H groups in total. The lowest BCUT2D eigenvalue weighted by Gasteiger charge is -2.37. The van der Waals surface area contributed by atoms with Gasteiger partial charge in [-0.3, -0.25) is 4.90 Å². The van der Waals surface area contributed by atoms with Gasteiger partial charge in [0.2, 0.25) is 10.0 Å². The van der Waals surface area contributed by atoms with Gasteiger partial charge in [-0.15, -0.1) is 0 Å². The van der Waals surface area contributed by atoms with Crippen LogP contribution in [0.5, 0.6) is 0 Å². The van der Waals surface area contributed by atoms with Crippen molar-refractivity contribution in [3.05, 3.63) is 76.3 Å². The molecule has 3 aromatic rings. The molecule has 5 rings (SSSR count). The summed E-state index contributed by atoms with van der Waals surface area (Å²) in [7, 11) is -3.54. The van der Waals surface area contributed by atoms with Gasteiger partial charge in [0.15, 0.2) is 0 Å². The fourth-order valence-electron chi connectivity index (χ4n) is 5.23. The lowest BCUT2D eigenvalue weighted by atomic mass is 9.98. The van der Waals surface area contributed by atoms with Crippen LogP contribution in [0.3, 0.4) is 0 Å². The number of benzene rings is 3. The molecule has 32 heavy (non-hydrogen) atoms. The Morgan fingerprint density at radius 3 is 2.69 bits per heavy atom. The highest BCUT2D eigenvalue weighted by Gasteiger charge is 2.34. The Kier molecular flexibility index (Phi) is 6.39. The Bertz CT molecular complexity index is 1220. The first-order chi connectivity index (χ1) is 15.5. The van der Waals surface area contributed by atoms with Crippen molar-refractivity contribution in [2.75, 3.05) is 19.6 Å². The van der Waals surface area contributed by atoms with E-state index in [1.807, 2.05) is 36.4 Å². The van der Waals surface area contributed by atoms with Crippen molar-refractivity contribution in [1.82, 2.24) is 9.21 Å². The first kappa shape index (κ1) is 22.1. The minimum absolute atomic E-state index is 0.0663. The molecular formula is C26H29BrN2O2S. The highest BCUT2D eigenvalue weighted by Crippen LogP contribution is 2.32. The van der Waals surface area contributed by atoms with E-state index < -0.39 is 10.0 Å². The van der Waals surface area contributed by atoms with Crippen molar-refractivity contribution >= 4 is 36.7 Å². The molecule has 2 aliphatic rings. The molecule has 0 bridgehead atoms. The minimum Gasteiger partial charge on any atom is -0.299 e. The van der Waals surface area contributed by atoms with Crippen LogP contribution in [0.15, 0.2) is 70.0 Å². The van der Waals surface area contributed by atoms with E-state index in [2.05, 4.69) is 39.0 Å². The van der Waals surface area contributed by atoms with Gasteiger partial charge in [0.1, 0.15) is 0 Å². The van der Waals surface area contributed by atoms with Crippen LogP contribution in [0.1, 0.15) is 36.8 Å². The van der Waals surface area contributed by atoms with E-state index in [0.717, 1.165) is 67.0 Å². The quantitative estimate of drug-likeness (QED) is 0.447. The minimum atomic E-state index is -3.54. The number of piperidine rings is 1. The highest BCUT2D eigenvalue weighted by atomic mass is 79.9. The van der Waals surface area contributed by atoms with Gasteiger partial charge in [-0.2, -0.15) is 4.31 Å². The molecule has 6 heteroatoms. The average molecular weight is 514 g/mol. The maximum Gasteiger partial charge on any atom is 0.243 e. The van der Waals surface area contributed by atoms with Gasteiger partial charge in [-0.05, 0) is 60.4 Å². The van der Waals surface area contributed by atoms with E-state index in [-0.39, 0.29) is 6.04 Å². The van der Waals surface area contributed by atoms with E-state index in [4.69, 9.17) is 0 Å². The summed E-state index contributed by atoms with van der Waals surface area (Å²) in [6.07, 6.45) is 4.92. The number of halogens is 1. The summed E-state index contributed by atoms with van der Waals surface area (Å²) in [6, 6.07) is 20.0. The van der Waals surface area contributed by atoms with E-state index in [1.165, 1.54) is 11.1 Å². The maximum atomic E-state index is 13.8. The topological polar surface area (TPSA) is 40.6 Å². The van der Waals surface area contributed by atoms with Crippen LogP contribution in [0, 0.1) is 0 Å². The summed E-state index contributed by atoms with van der Waals surface area (Å²) < 4.78 is 30.5. The molecule has 0 spiro atoms. The van der Waals surface area contributed by atoms with Crippen LogP contribution < -0.4 is 0 Å². The van der Waals surface area contributed by atoms with Crippen LogP contribution in [0.2, 0.25) is 0 Å². The van der Waals surface area contributed by atoms with Crippen LogP contribution in [0.25, 0.3) is 10.8 Å². The highest BCUT2D eigenvalue weighted by molar-refractivity contribution is 9.10. The lowest BCUT2D eigenvalue weighted by Crippen LogP contribution is -2.45. The lowest BCUT2D eigenvalue weighted by molar-refractivity contribution is 0.190. The molecular weight excluding hydrogens is 484 g/mol. The van der Waals surface area contributed by atoms with Gasteiger partial charge >= 0.3 is 0 Å². The van der Waals surface area contributed by atoms with Gasteiger partial charge < -0.3 is 0 Å². The van der Waals surface area contributed by atoms with Crippen LogP contribution in [-0.4, -0.2) is 43.3 Å². The van der Waals surface area contributed by atoms with Gasteiger partial charge in [0, 0.05) is 42.1 Å². The molecule has 0 aliphatic carbocycles. The molecule has 0 radical (unpaired) electrons. The zero-order chi connectivity index (χ0) is 22.1. The Hall–Kier alpha value is -1.73. The third-order valence-electron chi connectivity index (χ3n) is 6.95. The van der Waals surface area contributed by atoms with Crippen molar-refractivity contribution < 1.29 is 8.42 Å². The number of rotatable bonds is 5. The normalized spacial score (nSPS) is 20.3. The average Bonchev–Trinajstić information content (AvgIpc) is 2.82. The Balaban J connectivity index is 1.34. The Morgan fingerprint density at radius 1 is 0.938 bits per heavy atom. The summed E-state index contributed by atoms with van der Waals surface area (Å²) in [6.45, 7) is 3.53. The maximum absolute atomic E-state index is 13.8. The largest absolute Gasteiger partial charge is 0.299 e. The third kappa shape index (κ3) is 4.38. The zero-order valence-corrected chi connectivity index (χ0v) is 20.6. The summed E-state index contributed by atoms with van der Waals surface area (Å²) in [4.78, 5) is 2.92. The number of hydrogen-bond donors (Lipinski definition) is 0. The second-order valence-electron chi connectivity index (χ2n) is 8.97. The molecule has 2 heterocycles. The Morgan fingerprint density at radius 2 is 1.78 bits per heavy atom. The summed E-state index contributed by atoms with van der Waals surface area (Å²) in [5, 5.41) is 1.79. The van der Waals surface area contributed by atoms with Gasteiger partial charge in [0.05, 0.1) is 4.90 Å². The molecule has 1 unspecified atom stereocenters. The van der Waals surface area contributed by atoms with E-state index in [1.54, 1.807) is 10.4 Å². The standard InChI is InChI=1S/C26H29BrN2O2S/c27-23-12-11-20-13-16-28(19-22(20)18-23)17-14-24-8-3-4-15-29(24)32(30,31)26-10-5-7-21-6-1-2-9-25(21)26/h1-2,5-7,9-12,18,24H,3-4,8,13-17,19H2. The Labute approximate surface area is 199 Å². The predicted molar refractivity (Wildman–Crippen MR) is 133 cm³/mol. The van der Waals surface area contributed by atoms with Gasteiger partial charge in [0.25, 0.3) is 0 Å². The number of nitrogens with zero attached hydrogens (tertiary/aromatic N) is 2. The van der Waals surface area contributed by atoms with Crippen molar-refractivity contribution in [3.63, 3.8) is 0 Å². The molecule has 4 nitrogen and oxygen atoms in total. The first-order valence-electron chi connectivity index (χ1n) is 11.5. The summed E-state index contributed by atoms with van der Waals surface area (Å²) in [5.74, 6) is 0. The van der Waals surface area contributed by atoms with Crippen molar-refractivity contribution in [1.29, 1.82) is 0 Å². The molecule has 0 aromatic heterocycles. The number of hydrogen-bond acceptors (Lipinski definition) is 3. The zero-order valence-electron chi connectivity index (χ0n) is 18.2. The van der Waals surface area contributed by atoms with Crippen molar-refractivity contribution in [3.8, 4) is 0 Å². The molecule has 0 saturated carbocycles. The van der Waals surface area contributed by atoms with Crippen LogP contribution in [0.4, 0.5) is 0 Å². The second kappa shape index (κ2) is 9.26. The summed E-state index contributed by atoms with van der Waals surface area (Å²) >= 11 is 3.59. The van der Waals surface area contributed by atoms with E-state index in [0.29, 0.717) is 11.4 Å². The molecule has 0 amide bonds. The smallest absolute Gasteiger partial charge is 0.243 e. The molecule has 3 aromatic carbocycles. The molecule has 1 fully saturated rings. The molecule has 1 saturated heterocycles. The van der Waals surface area contributed by atoms with Gasteiger partial charge in [-0.25, -0.2) is 8.42 Å². The number of fused-ring (bicyclic) bond motifs is 2. The predicted octanol–water partition coefficient (Wildman–Crippen LogP) is 5.59. The van der Waals surface area contributed by atoms with Gasteiger partial charge in [-0.1, -0.05) is 64.8 Å². The fourth-order valence-corrected chi connectivity index (χ4v) is 7.58. The third-order valence-corrected chi connectivity index (χ3v) is 9.45. The van der Waals surface area contributed by atoms with Crippen LogP contribution >= 0.6 is 15.9 Å². The van der Waals surface area contributed by atoms with E-state index >= 15 is 0 Å². The molecule has 1 atom stereocenters. The molecule has 168 valence electrons. The van der Waals surface area contributed by atoms with Crippen LogP contribution in [-0.2, 0) is 23.0 Å². The van der Waals surface area contributed by atoms with E-state index in [9.17, 15) is 8.42 Å². The monoisotopic (exact) mass is 512 g/mol. The molecule has 2 aliphatic heterocycles. The first-order valence-corrected chi connectivity index (χ1v) is 13.7. The second-order valence-corrected chi connectivity index (χ2v) is 11.7. The number of sulfonamides is 1. The fraction of sp³-hybridized carbons (Fsp3) is 0.385. The SMILES string of the molecule is O=S(=O)(c1cccc2ccccc12)N1CCCCC1CCN1CCc2ccc(Br)cc2C1. The van der Waals surface area contributed by atoms with Crippen molar-refractivity contribution in [2.45, 2.75) is 49.6 Å². The summed E-state index contributed by atoms with van der Waals surface area (Å²) in [5.41, 5.74) is 2.82.